The molecule has 130 valence electrons. The van der Waals surface area contributed by atoms with Gasteiger partial charge in [-0.05, 0) is 38.0 Å². The number of hydrogen-bond acceptors (Lipinski definition) is 4. The molecule has 1 N–H and O–H groups in total. The molecule has 0 bridgehead atoms. The highest BCUT2D eigenvalue weighted by Crippen LogP contribution is 2.22. The highest BCUT2D eigenvalue weighted by atomic mass is 16.5. The van der Waals surface area contributed by atoms with Crippen molar-refractivity contribution in [3.05, 3.63) is 58.9 Å². The molecule has 1 aromatic carbocycles. The third-order valence-electron chi connectivity index (χ3n) is 4.77. The molecule has 0 unspecified atom stereocenters. The van der Waals surface area contributed by atoms with Gasteiger partial charge in [-0.25, -0.2) is 9.67 Å². The maximum atomic E-state index is 5.45. The molecule has 0 atom stereocenters. The van der Waals surface area contributed by atoms with Gasteiger partial charge in [0.1, 0.15) is 12.4 Å². The highest BCUT2D eigenvalue weighted by Gasteiger charge is 2.15. The summed E-state index contributed by atoms with van der Waals surface area (Å²) in [6, 6.07) is 6.44. The average molecular weight is 337 g/mol. The summed E-state index contributed by atoms with van der Waals surface area (Å²) in [4.78, 5) is 4.44. The Bertz CT molecular complexity index is 909. The van der Waals surface area contributed by atoms with E-state index in [1.165, 1.54) is 16.8 Å². The van der Waals surface area contributed by atoms with Crippen LogP contribution >= 0.6 is 0 Å². The lowest BCUT2D eigenvalue weighted by Crippen LogP contribution is -2.19. The predicted octanol–water partition coefficient (Wildman–Crippen LogP) is 3.14. The molecule has 4 rings (SSSR count). The van der Waals surface area contributed by atoms with E-state index in [-0.39, 0.29) is 0 Å². The number of hydrogen-bond donors (Lipinski definition) is 1. The molecule has 6 heteroatoms. The van der Waals surface area contributed by atoms with Crippen molar-refractivity contribution in [2.24, 2.45) is 0 Å². The first-order valence-corrected chi connectivity index (χ1v) is 8.60. The molecule has 3 aromatic rings. The van der Waals surface area contributed by atoms with Gasteiger partial charge in [0.05, 0.1) is 48.3 Å². The zero-order valence-corrected chi connectivity index (χ0v) is 14.9. The molecule has 0 spiro atoms. The number of fused-ring (bicyclic) bond motifs is 1. The van der Waals surface area contributed by atoms with Crippen LogP contribution in [0.2, 0.25) is 0 Å². The van der Waals surface area contributed by atoms with Gasteiger partial charge in [0, 0.05) is 6.54 Å². The quantitative estimate of drug-likeness (QED) is 0.795. The van der Waals surface area contributed by atoms with Crippen LogP contribution in [0.3, 0.4) is 0 Å². The number of benzene rings is 1. The van der Waals surface area contributed by atoms with Gasteiger partial charge >= 0.3 is 0 Å². The number of rotatable bonds is 4. The van der Waals surface area contributed by atoms with E-state index in [0.717, 1.165) is 42.6 Å². The summed E-state index contributed by atoms with van der Waals surface area (Å²) in [5, 5.41) is 8.09. The van der Waals surface area contributed by atoms with Crippen molar-refractivity contribution in [1.82, 2.24) is 19.3 Å². The van der Waals surface area contributed by atoms with E-state index in [1.807, 2.05) is 17.1 Å². The van der Waals surface area contributed by atoms with Crippen LogP contribution in [0, 0.1) is 20.8 Å². The smallest absolute Gasteiger partial charge is 0.135 e. The summed E-state index contributed by atoms with van der Waals surface area (Å²) in [5.74, 6) is 1.01. The van der Waals surface area contributed by atoms with E-state index in [9.17, 15) is 0 Å². The summed E-state index contributed by atoms with van der Waals surface area (Å²) in [6.45, 7) is 9.26. The van der Waals surface area contributed by atoms with E-state index >= 15 is 0 Å². The summed E-state index contributed by atoms with van der Waals surface area (Å²) in [6.07, 6.45) is 3.83. The van der Waals surface area contributed by atoms with Gasteiger partial charge in [-0.2, -0.15) is 5.10 Å². The minimum atomic E-state index is 0.601. The molecule has 0 radical (unpaired) electrons. The second-order valence-corrected chi connectivity index (χ2v) is 6.57. The van der Waals surface area contributed by atoms with Crippen LogP contribution in [0.15, 0.2) is 30.6 Å². The van der Waals surface area contributed by atoms with Crippen LogP contribution in [-0.4, -0.2) is 25.9 Å². The van der Waals surface area contributed by atoms with Crippen LogP contribution in [0.4, 0.5) is 5.69 Å². The monoisotopic (exact) mass is 337 g/mol. The largest absolute Gasteiger partial charge is 0.377 e. The number of aromatic nitrogens is 4. The molecule has 1 aliphatic rings. The van der Waals surface area contributed by atoms with Gasteiger partial charge in [0.2, 0.25) is 0 Å². The second kappa shape index (κ2) is 6.37. The van der Waals surface area contributed by atoms with Gasteiger partial charge < -0.3 is 14.6 Å². The lowest BCUT2D eigenvalue weighted by molar-refractivity contribution is 0.0807. The number of aryl methyl sites for hydroxylation is 2. The Balaban J connectivity index is 1.56. The number of imidazole rings is 1. The van der Waals surface area contributed by atoms with Crippen molar-refractivity contribution in [3.63, 3.8) is 0 Å². The van der Waals surface area contributed by atoms with E-state index in [0.29, 0.717) is 6.61 Å². The Hall–Kier alpha value is -2.60. The lowest BCUT2D eigenvalue weighted by Gasteiger charge is -2.17. The zero-order valence-electron chi connectivity index (χ0n) is 14.9. The van der Waals surface area contributed by atoms with Crippen LogP contribution in [0.5, 0.6) is 0 Å². The first kappa shape index (κ1) is 15.9. The summed E-state index contributed by atoms with van der Waals surface area (Å²) in [7, 11) is 0. The molecule has 3 heterocycles. The van der Waals surface area contributed by atoms with Crippen LogP contribution < -0.4 is 5.32 Å². The fourth-order valence-corrected chi connectivity index (χ4v) is 3.26. The maximum absolute atomic E-state index is 5.45. The summed E-state index contributed by atoms with van der Waals surface area (Å²) in [5.41, 5.74) is 6.91. The molecule has 0 saturated heterocycles. The number of anilines is 1. The van der Waals surface area contributed by atoms with E-state index in [2.05, 4.69) is 58.9 Å². The van der Waals surface area contributed by atoms with E-state index in [4.69, 9.17) is 4.74 Å². The van der Waals surface area contributed by atoms with Gasteiger partial charge in [-0.15, -0.1) is 0 Å². The topological polar surface area (TPSA) is 56.9 Å². The van der Waals surface area contributed by atoms with Crippen molar-refractivity contribution in [1.29, 1.82) is 0 Å². The molecule has 0 amide bonds. The second-order valence-electron chi connectivity index (χ2n) is 6.57. The van der Waals surface area contributed by atoms with Crippen molar-refractivity contribution >= 4 is 5.69 Å². The molecular formula is C19H23N5O. The van der Waals surface area contributed by atoms with Gasteiger partial charge in [0.15, 0.2) is 0 Å². The lowest BCUT2D eigenvalue weighted by atomic mass is 10.1. The minimum absolute atomic E-state index is 0.601. The SMILES string of the molecule is Cc1ccc(C)c(-n2ncc(NCc3cnc4n3CCOC4)c2C)c1. The first-order valence-electron chi connectivity index (χ1n) is 8.60. The highest BCUT2D eigenvalue weighted by molar-refractivity contribution is 5.52. The maximum Gasteiger partial charge on any atom is 0.135 e. The Kier molecular flexibility index (Phi) is 4.05. The van der Waals surface area contributed by atoms with E-state index < -0.39 is 0 Å². The average Bonchev–Trinajstić information content (AvgIpc) is 3.19. The fourth-order valence-electron chi connectivity index (χ4n) is 3.26. The van der Waals surface area contributed by atoms with E-state index in [1.54, 1.807) is 0 Å². The Morgan fingerprint density at radius 3 is 2.96 bits per heavy atom. The Morgan fingerprint density at radius 1 is 1.20 bits per heavy atom. The standard InChI is InChI=1S/C19H23N5O/c1-13-4-5-14(2)18(8-13)24-15(3)17(11-22-24)20-9-16-10-21-19-12-25-7-6-23(16)19/h4-5,8,10-11,20H,6-7,9,12H2,1-3H3. The van der Waals surface area contributed by atoms with Crippen molar-refractivity contribution < 1.29 is 4.74 Å². The minimum Gasteiger partial charge on any atom is -0.377 e. The van der Waals surface area contributed by atoms with Gasteiger partial charge in [-0.1, -0.05) is 12.1 Å². The molecule has 0 aliphatic carbocycles. The summed E-state index contributed by atoms with van der Waals surface area (Å²) >= 11 is 0. The molecule has 0 saturated carbocycles. The first-order chi connectivity index (χ1) is 12.1. The molecule has 6 nitrogen and oxygen atoms in total. The third-order valence-corrected chi connectivity index (χ3v) is 4.77. The van der Waals surface area contributed by atoms with Gasteiger partial charge in [0.25, 0.3) is 0 Å². The zero-order chi connectivity index (χ0) is 17.4. The van der Waals surface area contributed by atoms with Gasteiger partial charge in [-0.3, -0.25) is 0 Å². The van der Waals surface area contributed by atoms with Crippen LogP contribution in [0.25, 0.3) is 5.69 Å². The molecule has 0 fully saturated rings. The summed E-state index contributed by atoms with van der Waals surface area (Å²) < 4.78 is 9.69. The third kappa shape index (κ3) is 2.93. The van der Waals surface area contributed by atoms with Crippen molar-refractivity contribution in [3.8, 4) is 5.69 Å². The number of nitrogens with zero attached hydrogens (tertiary/aromatic N) is 4. The molecule has 1 aliphatic heterocycles. The van der Waals surface area contributed by atoms with Crippen LogP contribution in [-0.2, 0) is 24.4 Å². The number of ether oxygens (including phenoxy) is 1. The molecule has 2 aromatic heterocycles. The predicted molar refractivity (Wildman–Crippen MR) is 97.0 cm³/mol. The molecular weight excluding hydrogens is 314 g/mol. The Labute approximate surface area is 147 Å². The van der Waals surface area contributed by atoms with Crippen molar-refractivity contribution in [2.45, 2.75) is 40.5 Å². The Morgan fingerprint density at radius 2 is 2.08 bits per heavy atom. The van der Waals surface area contributed by atoms with Crippen LogP contribution in [0.1, 0.15) is 28.3 Å². The normalized spacial score (nSPS) is 13.7. The van der Waals surface area contributed by atoms with Crippen molar-refractivity contribution in [2.75, 3.05) is 11.9 Å². The number of nitrogens with one attached hydrogen (secondary N) is 1. The fraction of sp³-hybridized carbons (Fsp3) is 0.368. The molecule has 25 heavy (non-hydrogen) atoms.